The van der Waals surface area contributed by atoms with Crippen LogP contribution in [0, 0.1) is 0 Å². The van der Waals surface area contributed by atoms with Crippen molar-refractivity contribution in [3.63, 3.8) is 0 Å². The largest absolute Gasteiger partial charge is 0.449 e. The first-order valence-electron chi connectivity index (χ1n) is 7.62. The van der Waals surface area contributed by atoms with Gasteiger partial charge in [-0.2, -0.15) is 0 Å². The van der Waals surface area contributed by atoms with Crippen molar-refractivity contribution in [3.05, 3.63) is 64.6 Å². The number of rotatable bonds is 4. The molecule has 1 amide bonds. The predicted octanol–water partition coefficient (Wildman–Crippen LogP) is 3.69. The number of carbonyl (C=O) groups is 2. The number of nitrogens with zero attached hydrogens (tertiary/aromatic N) is 1. The van der Waals surface area contributed by atoms with E-state index < -0.39 is 18.0 Å². The third kappa shape index (κ3) is 3.69. The van der Waals surface area contributed by atoms with Crippen LogP contribution in [-0.4, -0.2) is 23.0 Å². The number of amides is 1. The molecule has 6 heteroatoms. The molecule has 0 aliphatic carbocycles. The van der Waals surface area contributed by atoms with Crippen molar-refractivity contribution in [1.82, 2.24) is 4.98 Å². The highest BCUT2D eigenvalue weighted by atomic mass is 79.9. The summed E-state index contributed by atoms with van der Waals surface area (Å²) in [7, 11) is 0. The molecule has 2 N–H and O–H groups in total. The lowest BCUT2D eigenvalue weighted by atomic mass is 10.0. The van der Waals surface area contributed by atoms with Gasteiger partial charge in [0.25, 0.3) is 5.91 Å². The number of hydrogen-bond donors (Lipinski definition) is 1. The maximum absolute atomic E-state index is 12.5. The minimum Gasteiger partial charge on any atom is -0.449 e. The lowest BCUT2D eigenvalue weighted by Crippen LogP contribution is -2.30. The smallest absolute Gasteiger partial charge is 0.339 e. The molecule has 1 atom stereocenters. The second-order valence-corrected chi connectivity index (χ2v) is 6.44. The highest BCUT2D eigenvalue weighted by molar-refractivity contribution is 9.10. The summed E-state index contributed by atoms with van der Waals surface area (Å²) in [4.78, 5) is 28.3. The van der Waals surface area contributed by atoms with E-state index in [0.717, 1.165) is 10.0 Å². The zero-order valence-corrected chi connectivity index (χ0v) is 15.0. The molecule has 0 radical (unpaired) electrons. The molecule has 1 aromatic heterocycles. The number of ether oxygens (including phenoxy) is 1. The second kappa shape index (κ2) is 7.03. The molecule has 0 unspecified atom stereocenters. The molecular weight excluding hydrogens is 384 g/mol. The highest BCUT2D eigenvalue weighted by Crippen LogP contribution is 2.26. The van der Waals surface area contributed by atoms with Gasteiger partial charge in [-0.3, -0.25) is 4.79 Å². The lowest BCUT2D eigenvalue weighted by Gasteiger charge is -2.12. The maximum Gasteiger partial charge on any atom is 0.339 e. The number of nitrogens with two attached hydrogens (primary N) is 1. The molecule has 0 aliphatic heterocycles. The molecular formula is C19H15BrN2O3. The Morgan fingerprint density at radius 2 is 1.80 bits per heavy atom. The average Bonchev–Trinajstić information content (AvgIpc) is 2.61. The third-order valence-corrected chi connectivity index (χ3v) is 4.29. The first-order chi connectivity index (χ1) is 12.0. The first kappa shape index (κ1) is 17.1. The monoisotopic (exact) mass is 398 g/mol. The Balaban J connectivity index is 2.11. The van der Waals surface area contributed by atoms with Crippen molar-refractivity contribution >= 4 is 38.7 Å². The molecule has 3 aromatic rings. The molecule has 0 bridgehead atoms. The molecule has 0 saturated heterocycles. The second-order valence-electron chi connectivity index (χ2n) is 5.53. The van der Waals surface area contributed by atoms with Crippen molar-refractivity contribution in [2.45, 2.75) is 13.0 Å². The van der Waals surface area contributed by atoms with E-state index in [9.17, 15) is 9.59 Å². The number of para-hydroxylation sites is 1. The molecule has 3 rings (SSSR count). The molecule has 0 saturated carbocycles. The molecule has 0 aliphatic rings. The normalized spacial score (nSPS) is 11.9. The van der Waals surface area contributed by atoms with Gasteiger partial charge in [-0.05, 0) is 31.2 Å². The number of halogens is 1. The number of pyridine rings is 1. The Morgan fingerprint density at radius 1 is 1.12 bits per heavy atom. The van der Waals surface area contributed by atoms with Crippen LogP contribution in [0.4, 0.5) is 0 Å². The Labute approximate surface area is 152 Å². The number of fused-ring (bicyclic) bond motifs is 1. The molecule has 25 heavy (non-hydrogen) atoms. The van der Waals surface area contributed by atoms with E-state index in [1.165, 1.54) is 6.92 Å². The Kier molecular flexibility index (Phi) is 4.81. The van der Waals surface area contributed by atoms with Gasteiger partial charge in [0, 0.05) is 15.4 Å². The molecule has 126 valence electrons. The minimum absolute atomic E-state index is 0.344. The number of primary amides is 1. The fraction of sp³-hybridized carbons (Fsp3) is 0.105. The summed E-state index contributed by atoms with van der Waals surface area (Å²) < 4.78 is 6.12. The standard InChI is InChI=1S/C19H15BrN2O3/c1-11(18(21)23)25-19(24)15-10-17(12-6-8-13(20)9-7-12)22-16-5-3-2-4-14(15)16/h2-11H,1H3,(H2,21,23)/t11-/m1/s1. The van der Waals surface area contributed by atoms with E-state index in [1.807, 2.05) is 42.5 Å². The highest BCUT2D eigenvalue weighted by Gasteiger charge is 2.19. The summed E-state index contributed by atoms with van der Waals surface area (Å²) in [6, 6.07) is 16.6. The number of carbonyl (C=O) groups excluding carboxylic acids is 2. The van der Waals surface area contributed by atoms with Gasteiger partial charge in [-0.25, -0.2) is 9.78 Å². The van der Waals surface area contributed by atoms with Gasteiger partial charge >= 0.3 is 5.97 Å². The molecule has 2 aromatic carbocycles. The summed E-state index contributed by atoms with van der Waals surface area (Å²) in [5, 5.41) is 0.657. The van der Waals surface area contributed by atoms with Crippen LogP contribution in [0.3, 0.4) is 0 Å². The predicted molar refractivity (Wildman–Crippen MR) is 99.0 cm³/mol. The fourth-order valence-corrected chi connectivity index (χ4v) is 2.66. The Hall–Kier alpha value is -2.73. The van der Waals surface area contributed by atoms with Crippen LogP contribution >= 0.6 is 15.9 Å². The quantitative estimate of drug-likeness (QED) is 0.679. The van der Waals surface area contributed by atoms with Gasteiger partial charge in [-0.15, -0.1) is 0 Å². The Bertz CT molecular complexity index is 955. The SMILES string of the molecule is C[C@@H](OC(=O)c1cc(-c2ccc(Br)cc2)nc2ccccc12)C(N)=O. The van der Waals surface area contributed by atoms with Crippen molar-refractivity contribution < 1.29 is 14.3 Å². The van der Waals surface area contributed by atoms with Gasteiger partial charge < -0.3 is 10.5 Å². The Morgan fingerprint density at radius 3 is 2.48 bits per heavy atom. The molecule has 1 heterocycles. The van der Waals surface area contributed by atoms with Crippen LogP contribution in [0.5, 0.6) is 0 Å². The van der Waals surface area contributed by atoms with Crippen molar-refractivity contribution in [2.75, 3.05) is 0 Å². The van der Waals surface area contributed by atoms with Gasteiger partial charge in [0.2, 0.25) is 0 Å². The number of benzene rings is 2. The van der Waals surface area contributed by atoms with Gasteiger partial charge in [0.15, 0.2) is 6.10 Å². The van der Waals surface area contributed by atoms with E-state index in [1.54, 1.807) is 12.1 Å². The van der Waals surface area contributed by atoms with Crippen LogP contribution in [0.2, 0.25) is 0 Å². The zero-order chi connectivity index (χ0) is 18.0. The lowest BCUT2D eigenvalue weighted by molar-refractivity contribution is -0.125. The zero-order valence-electron chi connectivity index (χ0n) is 13.4. The van der Waals surface area contributed by atoms with Gasteiger partial charge in [-0.1, -0.05) is 46.3 Å². The molecule has 5 nitrogen and oxygen atoms in total. The van der Waals surface area contributed by atoms with E-state index >= 15 is 0 Å². The molecule has 0 spiro atoms. The average molecular weight is 399 g/mol. The van der Waals surface area contributed by atoms with E-state index in [-0.39, 0.29) is 0 Å². The van der Waals surface area contributed by atoms with Crippen LogP contribution in [0.25, 0.3) is 22.2 Å². The van der Waals surface area contributed by atoms with E-state index in [0.29, 0.717) is 22.2 Å². The summed E-state index contributed by atoms with van der Waals surface area (Å²) in [6.07, 6.45) is -1.00. The summed E-state index contributed by atoms with van der Waals surface area (Å²) in [5.41, 5.74) is 7.70. The number of esters is 1. The van der Waals surface area contributed by atoms with Gasteiger partial charge in [0.1, 0.15) is 0 Å². The fourth-order valence-electron chi connectivity index (χ4n) is 2.39. The summed E-state index contributed by atoms with van der Waals surface area (Å²) in [6.45, 7) is 1.44. The van der Waals surface area contributed by atoms with Crippen LogP contribution in [-0.2, 0) is 9.53 Å². The minimum atomic E-state index is -1.00. The van der Waals surface area contributed by atoms with Crippen LogP contribution in [0.15, 0.2) is 59.1 Å². The van der Waals surface area contributed by atoms with Crippen molar-refractivity contribution in [3.8, 4) is 11.3 Å². The third-order valence-electron chi connectivity index (χ3n) is 3.76. The topological polar surface area (TPSA) is 82.3 Å². The molecule has 0 fully saturated rings. The van der Waals surface area contributed by atoms with Crippen LogP contribution in [0.1, 0.15) is 17.3 Å². The van der Waals surface area contributed by atoms with Crippen molar-refractivity contribution in [2.24, 2.45) is 5.73 Å². The summed E-state index contributed by atoms with van der Waals surface area (Å²) >= 11 is 3.40. The first-order valence-corrected chi connectivity index (χ1v) is 8.41. The van der Waals surface area contributed by atoms with E-state index in [4.69, 9.17) is 10.5 Å². The van der Waals surface area contributed by atoms with Crippen molar-refractivity contribution in [1.29, 1.82) is 0 Å². The maximum atomic E-state index is 12.5. The van der Waals surface area contributed by atoms with Crippen LogP contribution < -0.4 is 5.73 Å². The van der Waals surface area contributed by atoms with Gasteiger partial charge in [0.05, 0.1) is 16.8 Å². The summed E-state index contributed by atoms with van der Waals surface area (Å²) in [5.74, 6) is -1.30. The number of hydrogen-bond acceptors (Lipinski definition) is 4. The van der Waals surface area contributed by atoms with E-state index in [2.05, 4.69) is 20.9 Å². The number of aromatic nitrogens is 1.